The number of fused-ring (bicyclic) bond motifs is 1. The van der Waals surface area contributed by atoms with E-state index in [1.54, 1.807) is 24.3 Å². The molecule has 1 unspecified atom stereocenters. The van der Waals surface area contributed by atoms with Crippen LogP contribution in [-0.2, 0) is 4.74 Å². The molecule has 1 fully saturated rings. The lowest BCUT2D eigenvalue weighted by atomic mass is 10.1. The summed E-state index contributed by atoms with van der Waals surface area (Å²) in [7, 11) is 0. The Bertz CT molecular complexity index is 734. The average Bonchev–Trinajstić information content (AvgIpc) is 2.79. The number of aliphatic hydroxyl groups excluding tert-OH is 3. The number of hydrogen-bond donors (Lipinski definition) is 3. The highest BCUT2D eigenvalue weighted by molar-refractivity contribution is 7.71. The molecule has 0 saturated carbocycles. The van der Waals surface area contributed by atoms with Crippen LogP contribution in [0, 0.1) is 10.5 Å². The van der Waals surface area contributed by atoms with Gasteiger partial charge in [0.1, 0.15) is 28.8 Å². The number of rotatable bonds is 2. The van der Waals surface area contributed by atoms with Gasteiger partial charge in [0.2, 0.25) is 0 Å². The Morgan fingerprint density at radius 3 is 2.48 bits per heavy atom. The van der Waals surface area contributed by atoms with Crippen LogP contribution < -0.4 is 0 Å². The lowest BCUT2D eigenvalue weighted by Crippen LogP contribution is -2.33. The molecule has 0 spiro atoms. The van der Waals surface area contributed by atoms with Crippen molar-refractivity contribution in [2.75, 3.05) is 6.61 Å². The van der Waals surface area contributed by atoms with Gasteiger partial charge in [-0.3, -0.25) is 0 Å². The summed E-state index contributed by atoms with van der Waals surface area (Å²) in [5, 5.41) is 29.8. The second kappa shape index (κ2) is 5.43. The first-order valence-electron chi connectivity index (χ1n) is 6.46. The Morgan fingerprint density at radius 1 is 1.19 bits per heavy atom. The van der Waals surface area contributed by atoms with Gasteiger partial charge in [0.15, 0.2) is 6.23 Å². The first-order chi connectivity index (χ1) is 10.0. The number of aromatic nitrogens is 1. The van der Waals surface area contributed by atoms with Crippen LogP contribution in [0.3, 0.4) is 0 Å². The van der Waals surface area contributed by atoms with Gasteiger partial charge in [0, 0.05) is 17.0 Å². The van der Waals surface area contributed by atoms with Crippen LogP contribution >= 0.6 is 12.2 Å². The summed E-state index contributed by atoms with van der Waals surface area (Å²) in [5.41, 5.74) is 0. The third-order valence-corrected chi connectivity index (χ3v) is 4.12. The van der Waals surface area contributed by atoms with E-state index < -0.39 is 37.0 Å². The van der Waals surface area contributed by atoms with E-state index in [2.05, 4.69) is 0 Å². The van der Waals surface area contributed by atoms with Crippen molar-refractivity contribution in [1.82, 2.24) is 4.57 Å². The molecule has 1 aliphatic heterocycles. The van der Waals surface area contributed by atoms with E-state index in [-0.39, 0.29) is 0 Å². The second-order valence-electron chi connectivity index (χ2n) is 4.96. The molecule has 1 aliphatic rings. The molecule has 0 bridgehead atoms. The summed E-state index contributed by atoms with van der Waals surface area (Å²) in [6, 6.07) is 6.73. The third kappa shape index (κ3) is 2.27. The van der Waals surface area contributed by atoms with E-state index in [4.69, 9.17) is 22.1 Å². The lowest BCUT2D eigenvalue weighted by Gasteiger charge is -2.20. The SMILES string of the molecule is OC[C@H]1O[C@@H](n2cc(F)c3ccccc3c2=S)[C@@H](O)C1O. The van der Waals surface area contributed by atoms with Crippen molar-refractivity contribution in [2.45, 2.75) is 24.5 Å². The molecule has 3 N–H and O–H groups in total. The smallest absolute Gasteiger partial charge is 0.164 e. The molecule has 1 saturated heterocycles. The Morgan fingerprint density at radius 2 is 1.86 bits per heavy atom. The van der Waals surface area contributed by atoms with Crippen molar-refractivity contribution < 1.29 is 24.4 Å². The normalized spacial score (nSPS) is 29.1. The van der Waals surface area contributed by atoms with E-state index >= 15 is 0 Å². The van der Waals surface area contributed by atoms with Gasteiger partial charge >= 0.3 is 0 Å². The fourth-order valence-electron chi connectivity index (χ4n) is 2.57. The van der Waals surface area contributed by atoms with E-state index in [0.717, 1.165) is 6.20 Å². The van der Waals surface area contributed by atoms with Gasteiger partial charge in [-0.05, 0) is 0 Å². The summed E-state index contributed by atoms with van der Waals surface area (Å²) in [5.74, 6) is -0.503. The fourth-order valence-corrected chi connectivity index (χ4v) is 2.90. The molecule has 1 aromatic carbocycles. The molecule has 0 amide bonds. The predicted octanol–water partition coefficient (Wildman–Crippen LogP) is 1.12. The Balaban J connectivity index is 2.14. The predicted molar refractivity (Wildman–Crippen MR) is 75.7 cm³/mol. The Labute approximate surface area is 124 Å². The first kappa shape index (κ1) is 14.6. The summed E-state index contributed by atoms with van der Waals surface area (Å²) < 4.78 is 21.1. The van der Waals surface area contributed by atoms with E-state index in [0.29, 0.717) is 15.4 Å². The molecule has 112 valence electrons. The van der Waals surface area contributed by atoms with Gasteiger partial charge in [0.05, 0.1) is 6.61 Å². The molecule has 0 radical (unpaired) electrons. The van der Waals surface area contributed by atoms with Crippen LogP contribution in [0.15, 0.2) is 30.5 Å². The minimum atomic E-state index is -1.30. The summed E-state index contributed by atoms with van der Waals surface area (Å²) in [6.45, 7) is -0.446. The molecular formula is C14H14FNO4S. The number of halogens is 1. The molecule has 0 aliphatic carbocycles. The lowest BCUT2D eigenvalue weighted by molar-refractivity contribution is -0.0537. The van der Waals surface area contributed by atoms with Crippen molar-refractivity contribution in [3.8, 4) is 0 Å². The van der Waals surface area contributed by atoms with Crippen LogP contribution in [-0.4, -0.2) is 44.8 Å². The van der Waals surface area contributed by atoms with Crippen LogP contribution in [0.5, 0.6) is 0 Å². The molecule has 3 rings (SSSR count). The monoisotopic (exact) mass is 311 g/mol. The summed E-state index contributed by atoms with van der Waals surface area (Å²) >= 11 is 5.32. The zero-order valence-corrected chi connectivity index (χ0v) is 11.7. The van der Waals surface area contributed by atoms with Gasteiger partial charge in [-0.15, -0.1) is 0 Å². The first-order valence-corrected chi connectivity index (χ1v) is 6.87. The Kier molecular flexibility index (Phi) is 3.76. The number of benzene rings is 1. The molecule has 7 heteroatoms. The van der Waals surface area contributed by atoms with Crippen molar-refractivity contribution >= 4 is 23.0 Å². The zero-order chi connectivity index (χ0) is 15.1. The van der Waals surface area contributed by atoms with Gasteiger partial charge in [-0.25, -0.2) is 4.39 Å². The van der Waals surface area contributed by atoms with Crippen LogP contribution in [0.25, 0.3) is 10.8 Å². The van der Waals surface area contributed by atoms with E-state index in [9.17, 15) is 14.6 Å². The number of ether oxygens (including phenoxy) is 1. The minimum Gasteiger partial charge on any atom is -0.394 e. The fraction of sp³-hybridized carbons (Fsp3) is 0.357. The molecular weight excluding hydrogens is 297 g/mol. The van der Waals surface area contributed by atoms with E-state index in [1.165, 1.54) is 4.57 Å². The quantitative estimate of drug-likeness (QED) is 0.725. The van der Waals surface area contributed by atoms with Crippen LogP contribution in [0.2, 0.25) is 0 Å². The van der Waals surface area contributed by atoms with Crippen LogP contribution in [0.4, 0.5) is 4.39 Å². The summed E-state index contributed by atoms with van der Waals surface area (Å²) in [4.78, 5) is 0. The maximum absolute atomic E-state index is 14.2. The second-order valence-corrected chi connectivity index (χ2v) is 5.35. The molecule has 21 heavy (non-hydrogen) atoms. The van der Waals surface area contributed by atoms with Gasteiger partial charge in [0.25, 0.3) is 0 Å². The zero-order valence-electron chi connectivity index (χ0n) is 10.9. The molecule has 5 nitrogen and oxygen atoms in total. The van der Waals surface area contributed by atoms with Gasteiger partial charge in [-0.1, -0.05) is 36.5 Å². The largest absolute Gasteiger partial charge is 0.394 e. The van der Waals surface area contributed by atoms with Crippen LogP contribution in [0.1, 0.15) is 6.23 Å². The Hall–Kier alpha value is -1.38. The summed E-state index contributed by atoms with van der Waals surface area (Å²) in [6.07, 6.45) is -3.37. The topological polar surface area (TPSA) is 74.9 Å². The number of pyridine rings is 1. The molecule has 1 aromatic heterocycles. The average molecular weight is 311 g/mol. The highest BCUT2D eigenvalue weighted by Crippen LogP contribution is 2.31. The number of nitrogens with zero attached hydrogens (tertiary/aromatic N) is 1. The molecule has 2 heterocycles. The van der Waals surface area contributed by atoms with Crippen molar-refractivity contribution in [2.24, 2.45) is 0 Å². The van der Waals surface area contributed by atoms with Gasteiger partial charge in [-0.2, -0.15) is 0 Å². The van der Waals surface area contributed by atoms with Crippen molar-refractivity contribution in [1.29, 1.82) is 0 Å². The standard InChI is InChI=1S/C14H14FNO4S/c15-9-5-16(13-12(19)11(18)10(6-17)20-13)14(21)8-4-2-1-3-7(8)9/h1-5,10-13,17-19H,6H2/t10-,11?,12+,13-/m1/s1. The maximum Gasteiger partial charge on any atom is 0.164 e. The molecule has 2 aromatic rings. The maximum atomic E-state index is 14.2. The van der Waals surface area contributed by atoms with Gasteiger partial charge < -0.3 is 24.6 Å². The highest BCUT2D eigenvalue weighted by atomic mass is 32.1. The van der Waals surface area contributed by atoms with E-state index in [1.807, 2.05) is 0 Å². The number of aliphatic hydroxyl groups is 3. The molecule has 4 atom stereocenters. The van der Waals surface area contributed by atoms with Crippen molar-refractivity contribution in [3.05, 3.63) is 40.9 Å². The van der Waals surface area contributed by atoms with Crippen molar-refractivity contribution in [3.63, 3.8) is 0 Å². The highest BCUT2D eigenvalue weighted by Gasteiger charge is 2.43. The third-order valence-electron chi connectivity index (χ3n) is 3.69. The minimum absolute atomic E-state index is 0.293. The number of hydrogen-bond acceptors (Lipinski definition) is 5.